The lowest BCUT2D eigenvalue weighted by atomic mass is 10.0. The molecule has 0 aliphatic carbocycles. The van der Waals surface area contributed by atoms with Crippen LogP contribution in [0.1, 0.15) is 38.2 Å². The second-order valence-corrected chi connectivity index (χ2v) is 7.44. The Hall–Kier alpha value is -2.58. The van der Waals surface area contributed by atoms with Crippen LogP contribution in [0.5, 0.6) is 0 Å². The average molecular weight is 363 g/mol. The van der Waals surface area contributed by atoms with Gasteiger partial charge in [-0.3, -0.25) is 9.36 Å². The lowest BCUT2D eigenvalue weighted by Gasteiger charge is -2.18. The fourth-order valence-corrected chi connectivity index (χ4v) is 3.86. The monoisotopic (exact) mass is 363 g/mol. The third kappa shape index (κ3) is 3.66. The van der Waals surface area contributed by atoms with Crippen LogP contribution in [0.15, 0.2) is 58.5 Å². The summed E-state index contributed by atoms with van der Waals surface area (Å²) < 4.78 is 1.73. The highest BCUT2D eigenvalue weighted by Gasteiger charge is 2.16. The van der Waals surface area contributed by atoms with Gasteiger partial charge < -0.3 is 0 Å². The Morgan fingerprint density at radius 2 is 1.88 bits per heavy atom. The lowest BCUT2D eigenvalue weighted by Crippen LogP contribution is -2.23. The summed E-state index contributed by atoms with van der Waals surface area (Å²) >= 11 is 1.53. The Bertz CT molecular complexity index is 1020. The number of thioether (sulfide) groups is 1. The summed E-state index contributed by atoms with van der Waals surface area (Å²) in [5, 5.41) is 10.0. The molecule has 3 aromatic rings. The predicted molar refractivity (Wildman–Crippen MR) is 107 cm³/mol. The Kier molecular flexibility index (Phi) is 5.75. The van der Waals surface area contributed by atoms with E-state index in [0.717, 1.165) is 23.4 Å². The first-order valence-electron chi connectivity index (χ1n) is 8.74. The zero-order valence-electron chi connectivity index (χ0n) is 15.0. The normalized spacial score (nSPS) is 11.0. The van der Waals surface area contributed by atoms with Gasteiger partial charge in [0, 0.05) is 12.2 Å². The summed E-state index contributed by atoms with van der Waals surface area (Å²) in [4.78, 5) is 18.0. The first kappa shape index (κ1) is 18.2. The van der Waals surface area contributed by atoms with E-state index in [1.54, 1.807) is 4.57 Å². The number of nitriles is 1. The maximum atomic E-state index is 13.3. The first-order chi connectivity index (χ1) is 12.6. The summed E-state index contributed by atoms with van der Waals surface area (Å²) in [6, 6.07) is 17.6. The fraction of sp³-hybridized carbons (Fsp3) is 0.286. The molecular formula is C21H21N3OS. The summed E-state index contributed by atoms with van der Waals surface area (Å²) in [5.41, 5.74) is 2.66. The molecule has 5 heteroatoms. The molecular weight excluding hydrogens is 342 g/mol. The fourth-order valence-electron chi connectivity index (χ4n) is 2.92. The largest absolute Gasteiger partial charge is 0.268 e. The van der Waals surface area contributed by atoms with Crippen molar-refractivity contribution in [2.45, 2.75) is 37.8 Å². The number of benzene rings is 2. The number of hydrogen-bond acceptors (Lipinski definition) is 4. The second kappa shape index (κ2) is 8.20. The molecule has 0 bridgehead atoms. The number of rotatable bonds is 6. The van der Waals surface area contributed by atoms with Gasteiger partial charge in [-0.2, -0.15) is 5.26 Å². The summed E-state index contributed by atoms with van der Waals surface area (Å²) in [6.07, 6.45) is 1.28. The summed E-state index contributed by atoms with van der Waals surface area (Å²) in [7, 11) is 0. The SMILES string of the molecule is CC(C)c1ccccc1-n1c(SCCCC#N)nc2ccccc2c1=O. The minimum absolute atomic E-state index is 0.0496. The highest BCUT2D eigenvalue weighted by molar-refractivity contribution is 7.99. The Labute approximate surface area is 157 Å². The molecule has 0 atom stereocenters. The molecule has 0 fully saturated rings. The van der Waals surface area contributed by atoms with Gasteiger partial charge in [0.2, 0.25) is 0 Å². The number of hydrogen-bond donors (Lipinski definition) is 0. The molecule has 132 valence electrons. The molecule has 0 aliphatic rings. The molecule has 0 amide bonds. The second-order valence-electron chi connectivity index (χ2n) is 6.38. The summed E-state index contributed by atoms with van der Waals surface area (Å²) in [6.45, 7) is 4.25. The highest BCUT2D eigenvalue weighted by atomic mass is 32.2. The van der Waals surface area contributed by atoms with E-state index < -0.39 is 0 Å². The van der Waals surface area contributed by atoms with Gasteiger partial charge in [-0.15, -0.1) is 0 Å². The molecule has 1 aromatic heterocycles. The highest BCUT2D eigenvalue weighted by Crippen LogP contribution is 2.27. The standard InChI is InChI=1S/C21H21N3OS/c1-15(2)16-9-4-6-12-19(16)24-20(25)17-10-3-5-11-18(17)23-21(24)26-14-8-7-13-22/h3-6,9-12,15H,7-8,14H2,1-2H3. The Balaban J connectivity index is 2.20. The van der Waals surface area contributed by atoms with Crippen molar-refractivity contribution in [3.8, 4) is 11.8 Å². The molecule has 0 radical (unpaired) electrons. The molecule has 0 spiro atoms. The third-order valence-electron chi connectivity index (χ3n) is 4.21. The quantitative estimate of drug-likeness (QED) is 0.355. The van der Waals surface area contributed by atoms with Crippen LogP contribution in [0.2, 0.25) is 0 Å². The summed E-state index contributed by atoms with van der Waals surface area (Å²) in [5.74, 6) is 1.04. The smallest absolute Gasteiger partial charge is 0.266 e. The topological polar surface area (TPSA) is 58.7 Å². The molecule has 4 nitrogen and oxygen atoms in total. The van der Waals surface area contributed by atoms with E-state index in [0.29, 0.717) is 28.4 Å². The zero-order chi connectivity index (χ0) is 18.5. The van der Waals surface area contributed by atoms with E-state index in [1.165, 1.54) is 11.8 Å². The van der Waals surface area contributed by atoms with Gasteiger partial charge >= 0.3 is 0 Å². The maximum absolute atomic E-state index is 13.3. The van der Waals surface area contributed by atoms with Gasteiger partial charge in [-0.05, 0) is 36.1 Å². The van der Waals surface area contributed by atoms with E-state index in [2.05, 4.69) is 26.0 Å². The van der Waals surface area contributed by atoms with Crippen molar-refractivity contribution in [2.24, 2.45) is 0 Å². The molecule has 0 saturated heterocycles. The van der Waals surface area contributed by atoms with E-state index in [4.69, 9.17) is 10.2 Å². The Morgan fingerprint density at radius 1 is 1.15 bits per heavy atom. The number of nitrogens with zero attached hydrogens (tertiary/aromatic N) is 3. The minimum Gasteiger partial charge on any atom is -0.268 e. The lowest BCUT2D eigenvalue weighted by molar-refractivity contribution is 0.779. The third-order valence-corrected chi connectivity index (χ3v) is 5.23. The molecule has 26 heavy (non-hydrogen) atoms. The van der Waals surface area contributed by atoms with Crippen LogP contribution >= 0.6 is 11.8 Å². The minimum atomic E-state index is -0.0496. The van der Waals surface area contributed by atoms with Gasteiger partial charge in [0.1, 0.15) is 0 Å². The van der Waals surface area contributed by atoms with Crippen LogP contribution in [0, 0.1) is 11.3 Å². The first-order valence-corrected chi connectivity index (χ1v) is 9.73. The van der Waals surface area contributed by atoms with Crippen LogP contribution in [0.3, 0.4) is 0 Å². The van der Waals surface area contributed by atoms with Gasteiger partial charge in [-0.25, -0.2) is 4.98 Å². The van der Waals surface area contributed by atoms with E-state index >= 15 is 0 Å². The van der Waals surface area contributed by atoms with E-state index in [1.807, 2.05) is 42.5 Å². The molecule has 1 heterocycles. The van der Waals surface area contributed by atoms with Gasteiger partial charge in [-0.1, -0.05) is 55.9 Å². The van der Waals surface area contributed by atoms with Gasteiger partial charge in [0.15, 0.2) is 5.16 Å². The Morgan fingerprint density at radius 3 is 2.65 bits per heavy atom. The van der Waals surface area contributed by atoms with Crippen molar-refractivity contribution in [3.63, 3.8) is 0 Å². The van der Waals surface area contributed by atoms with Crippen LogP contribution in [0.4, 0.5) is 0 Å². The molecule has 0 unspecified atom stereocenters. The number of para-hydroxylation sites is 2. The van der Waals surface area contributed by atoms with Crippen LogP contribution in [-0.2, 0) is 0 Å². The van der Waals surface area contributed by atoms with Gasteiger partial charge in [0.05, 0.1) is 22.7 Å². The average Bonchev–Trinajstić information content (AvgIpc) is 2.65. The van der Waals surface area contributed by atoms with Gasteiger partial charge in [0.25, 0.3) is 5.56 Å². The van der Waals surface area contributed by atoms with Crippen molar-refractivity contribution in [2.75, 3.05) is 5.75 Å². The van der Waals surface area contributed by atoms with Crippen LogP contribution in [-0.4, -0.2) is 15.3 Å². The van der Waals surface area contributed by atoms with Crippen molar-refractivity contribution in [1.82, 2.24) is 9.55 Å². The van der Waals surface area contributed by atoms with E-state index in [-0.39, 0.29) is 5.56 Å². The molecule has 3 rings (SSSR count). The van der Waals surface area contributed by atoms with Crippen LogP contribution in [0.25, 0.3) is 16.6 Å². The zero-order valence-corrected chi connectivity index (χ0v) is 15.8. The molecule has 2 aromatic carbocycles. The number of unbranched alkanes of at least 4 members (excludes halogenated alkanes) is 1. The van der Waals surface area contributed by atoms with Crippen molar-refractivity contribution in [1.29, 1.82) is 5.26 Å². The number of aromatic nitrogens is 2. The molecule has 0 N–H and O–H groups in total. The molecule has 0 saturated carbocycles. The van der Waals surface area contributed by atoms with Crippen LogP contribution < -0.4 is 5.56 Å². The molecule has 0 aliphatic heterocycles. The van der Waals surface area contributed by atoms with Crippen molar-refractivity contribution in [3.05, 3.63) is 64.4 Å². The maximum Gasteiger partial charge on any atom is 0.266 e. The van der Waals surface area contributed by atoms with Crippen molar-refractivity contribution >= 4 is 22.7 Å². The number of fused-ring (bicyclic) bond motifs is 1. The predicted octanol–water partition coefficient (Wildman–Crippen LogP) is 4.90. The van der Waals surface area contributed by atoms with Crippen molar-refractivity contribution < 1.29 is 0 Å². The van der Waals surface area contributed by atoms with E-state index in [9.17, 15) is 4.79 Å².